The van der Waals surface area contributed by atoms with E-state index in [1.165, 1.54) is 37.3 Å². The van der Waals surface area contributed by atoms with Crippen molar-refractivity contribution in [1.82, 2.24) is 5.16 Å². The second kappa shape index (κ2) is 6.14. The highest BCUT2D eigenvalue weighted by atomic mass is 35.5. The molecule has 0 spiro atoms. The van der Waals surface area contributed by atoms with Crippen LogP contribution >= 0.6 is 11.6 Å². The first-order chi connectivity index (χ1) is 11.3. The number of amides is 1. The molecule has 0 saturated carbocycles. The quantitative estimate of drug-likeness (QED) is 0.712. The highest BCUT2D eigenvalue weighted by Gasteiger charge is 2.21. The van der Waals surface area contributed by atoms with E-state index in [0.717, 1.165) is 0 Å². The lowest BCUT2D eigenvalue weighted by Crippen LogP contribution is -2.11. The standard InChI is InChI=1S/C15H11ClN2O5S/c1-9(19)17-11-3-5-12(6-4-11)24(20,21)23-15-13-8-10(16)2-7-14(13)22-18-15/h2-8H,1H3,(H,17,19). The molecule has 7 nitrogen and oxygen atoms in total. The molecule has 1 N–H and O–H groups in total. The van der Waals surface area contributed by atoms with Crippen molar-refractivity contribution in [3.8, 4) is 5.88 Å². The van der Waals surface area contributed by atoms with Crippen molar-refractivity contribution in [1.29, 1.82) is 0 Å². The summed E-state index contributed by atoms with van der Waals surface area (Å²) < 4.78 is 34.7. The molecule has 0 bridgehead atoms. The molecule has 124 valence electrons. The summed E-state index contributed by atoms with van der Waals surface area (Å²) in [6.07, 6.45) is 0. The maximum absolute atomic E-state index is 12.3. The van der Waals surface area contributed by atoms with Crippen LogP contribution in [0, 0.1) is 0 Å². The second-order valence-corrected chi connectivity index (χ2v) is 6.85. The van der Waals surface area contributed by atoms with Crippen molar-refractivity contribution in [2.45, 2.75) is 11.8 Å². The molecular formula is C15H11ClN2O5S. The molecule has 0 radical (unpaired) electrons. The van der Waals surface area contributed by atoms with Crippen molar-refractivity contribution in [3.63, 3.8) is 0 Å². The van der Waals surface area contributed by atoms with Crippen LogP contribution in [0.5, 0.6) is 5.88 Å². The van der Waals surface area contributed by atoms with Gasteiger partial charge in [-0.3, -0.25) is 4.79 Å². The molecule has 0 saturated heterocycles. The van der Waals surface area contributed by atoms with Gasteiger partial charge in [0.25, 0.3) is 5.88 Å². The Bertz CT molecular complexity index is 1010. The highest BCUT2D eigenvalue weighted by Crippen LogP contribution is 2.29. The minimum Gasteiger partial charge on any atom is -0.354 e. The summed E-state index contributed by atoms with van der Waals surface area (Å²) in [6, 6.07) is 10.2. The van der Waals surface area contributed by atoms with Crippen LogP contribution in [0.3, 0.4) is 0 Å². The number of nitrogens with zero attached hydrogens (tertiary/aromatic N) is 1. The van der Waals surface area contributed by atoms with Gasteiger partial charge in [-0.1, -0.05) is 11.6 Å². The van der Waals surface area contributed by atoms with Gasteiger partial charge in [-0.15, -0.1) is 0 Å². The maximum Gasteiger partial charge on any atom is 0.340 e. The fraction of sp³-hybridized carbons (Fsp3) is 0.0667. The third kappa shape index (κ3) is 3.34. The predicted molar refractivity (Wildman–Crippen MR) is 87.6 cm³/mol. The zero-order valence-electron chi connectivity index (χ0n) is 12.3. The smallest absolute Gasteiger partial charge is 0.340 e. The molecular weight excluding hydrogens is 356 g/mol. The number of hydrogen-bond acceptors (Lipinski definition) is 6. The molecule has 1 amide bonds. The average molecular weight is 367 g/mol. The number of anilines is 1. The van der Waals surface area contributed by atoms with E-state index in [0.29, 0.717) is 21.7 Å². The maximum atomic E-state index is 12.3. The Labute approximate surface area is 142 Å². The molecule has 3 aromatic rings. The van der Waals surface area contributed by atoms with Crippen LogP contribution in [-0.4, -0.2) is 19.5 Å². The van der Waals surface area contributed by atoms with Crippen LogP contribution in [-0.2, 0) is 14.9 Å². The molecule has 0 unspecified atom stereocenters. The van der Waals surface area contributed by atoms with Crippen molar-refractivity contribution in [2.24, 2.45) is 0 Å². The van der Waals surface area contributed by atoms with Gasteiger partial charge in [0.15, 0.2) is 5.58 Å². The Morgan fingerprint density at radius 1 is 1.21 bits per heavy atom. The van der Waals surface area contributed by atoms with E-state index in [-0.39, 0.29) is 16.7 Å². The number of carbonyl (C=O) groups is 1. The summed E-state index contributed by atoms with van der Waals surface area (Å²) in [5, 5.41) is 6.90. The van der Waals surface area contributed by atoms with Gasteiger partial charge in [0.2, 0.25) is 5.91 Å². The minimum atomic E-state index is -4.11. The van der Waals surface area contributed by atoms with E-state index in [2.05, 4.69) is 10.5 Å². The van der Waals surface area contributed by atoms with Crippen molar-refractivity contribution >= 4 is 44.3 Å². The van der Waals surface area contributed by atoms with Crippen LogP contribution in [0.1, 0.15) is 6.92 Å². The van der Waals surface area contributed by atoms with Gasteiger partial charge in [0, 0.05) is 17.6 Å². The van der Waals surface area contributed by atoms with Crippen LogP contribution in [0.15, 0.2) is 51.9 Å². The van der Waals surface area contributed by atoms with E-state index in [4.69, 9.17) is 20.3 Å². The minimum absolute atomic E-state index is 0.0882. The van der Waals surface area contributed by atoms with E-state index in [1.54, 1.807) is 12.1 Å². The van der Waals surface area contributed by atoms with E-state index < -0.39 is 10.1 Å². The molecule has 24 heavy (non-hydrogen) atoms. The van der Waals surface area contributed by atoms with Gasteiger partial charge in [-0.05, 0) is 47.6 Å². The average Bonchev–Trinajstić information content (AvgIpc) is 2.89. The number of nitrogens with one attached hydrogen (secondary N) is 1. The Balaban J connectivity index is 1.90. The second-order valence-electron chi connectivity index (χ2n) is 4.87. The number of halogens is 1. The number of benzene rings is 2. The van der Waals surface area contributed by atoms with Gasteiger partial charge in [-0.2, -0.15) is 8.42 Å². The lowest BCUT2D eigenvalue weighted by molar-refractivity contribution is -0.114. The van der Waals surface area contributed by atoms with Crippen LogP contribution in [0.25, 0.3) is 11.0 Å². The van der Waals surface area contributed by atoms with Crippen molar-refractivity contribution in [2.75, 3.05) is 5.32 Å². The molecule has 3 rings (SSSR count). The summed E-state index contributed by atoms with van der Waals surface area (Å²) in [7, 11) is -4.11. The van der Waals surface area contributed by atoms with Gasteiger partial charge >= 0.3 is 10.1 Å². The van der Waals surface area contributed by atoms with Gasteiger partial charge in [0.05, 0.1) is 5.39 Å². The molecule has 0 aliphatic carbocycles. The molecule has 9 heteroatoms. The van der Waals surface area contributed by atoms with Crippen molar-refractivity contribution < 1.29 is 21.9 Å². The summed E-state index contributed by atoms with van der Waals surface area (Å²) >= 11 is 5.89. The Morgan fingerprint density at radius 3 is 2.58 bits per heavy atom. The number of fused-ring (bicyclic) bond motifs is 1. The van der Waals surface area contributed by atoms with E-state index >= 15 is 0 Å². The highest BCUT2D eigenvalue weighted by molar-refractivity contribution is 7.87. The summed E-state index contributed by atoms with van der Waals surface area (Å²) in [6.45, 7) is 1.36. The fourth-order valence-corrected chi connectivity index (χ4v) is 3.07. The van der Waals surface area contributed by atoms with E-state index in [1.807, 2.05) is 0 Å². The first-order valence-corrected chi connectivity index (χ1v) is 8.51. The zero-order chi connectivity index (χ0) is 17.3. The zero-order valence-corrected chi connectivity index (χ0v) is 13.9. The van der Waals surface area contributed by atoms with Crippen molar-refractivity contribution in [3.05, 3.63) is 47.5 Å². The number of hydrogen-bond donors (Lipinski definition) is 1. The Morgan fingerprint density at radius 2 is 1.92 bits per heavy atom. The first kappa shape index (κ1) is 16.3. The first-order valence-electron chi connectivity index (χ1n) is 6.72. The lowest BCUT2D eigenvalue weighted by atomic mass is 10.3. The number of rotatable bonds is 4. The van der Waals surface area contributed by atoms with Crippen LogP contribution < -0.4 is 9.50 Å². The summed E-state index contributed by atoms with van der Waals surface area (Å²) in [5.41, 5.74) is 0.825. The number of aromatic nitrogens is 1. The predicted octanol–water partition coefficient (Wildman–Crippen LogP) is 3.21. The molecule has 0 fully saturated rings. The normalized spacial score (nSPS) is 11.4. The van der Waals surface area contributed by atoms with Gasteiger partial charge < -0.3 is 14.0 Å². The Kier molecular flexibility index (Phi) is 4.16. The molecule has 0 aliphatic heterocycles. The molecule has 1 heterocycles. The molecule has 0 atom stereocenters. The number of carbonyl (C=O) groups excluding carboxylic acids is 1. The molecule has 0 aliphatic rings. The summed E-state index contributed by atoms with van der Waals surface area (Å²) in [4.78, 5) is 10.9. The van der Waals surface area contributed by atoms with Crippen LogP contribution in [0.2, 0.25) is 5.02 Å². The lowest BCUT2D eigenvalue weighted by Gasteiger charge is -2.06. The SMILES string of the molecule is CC(=O)Nc1ccc(S(=O)(=O)Oc2noc3ccc(Cl)cc23)cc1. The van der Waals surface area contributed by atoms with Gasteiger partial charge in [-0.25, -0.2) is 0 Å². The monoisotopic (exact) mass is 366 g/mol. The largest absolute Gasteiger partial charge is 0.354 e. The molecule has 2 aromatic carbocycles. The third-order valence-corrected chi connectivity index (χ3v) is 4.51. The molecule has 1 aromatic heterocycles. The fourth-order valence-electron chi connectivity index (χ4n) is 2.01. The topological polar surface area (TPSA) is 98.5 Å². The summed E-state index contributed by atoms with van der Waals surface area (Å²) in [5.74, 6) is -0.453. The van der Waals surface area contributed by atoms with Gasteiger partial charge in [0.1, 0.15) is 4.90 Å². The Hall–Kier alpha value is -2.58. The van der Waals surface area contributed by atoms with Crippen LogP contribution in [0.4, 0.5) is 5.69 Å². The van der Waals surface area contributed by atoms with E-state index in [9.17, 15) is 13.2 Å². The third-order valence-electron chi connectivity index (χ3n) is 3.05.